The monoisotopic (exact) mass is 326 g/mol. The van der Waals surface area contributed by atoms with Gasteiger partial charge < -0.3 is 9.47 Å². The number of benzene rings is 2. The molecule has 0 N–H and O–H groups in total. The summed E-state index contributed by atoms with van der Waals surface area (Å²) in [5, 5.41) is 0.0267. The molecule has 1 atom stereocenters. The molecule has 1 aliphatic heterocycles. The smallest absolute Gasteiger partial charge is 0.162 e. The summed E-state index contributed by atoms with van der Waals surface area (Å²) in [6, 6.07) is 9.56. The van der Waals surface area contributed by atoms with Gasteiger partial charge in [-0.25, -0.2) is 4.39 Å². The van der Waals surface area contributed by atoms with Crippen molar-refractivity contribution in [1.82, 2.24) is 0 Å². The van der Waals surface area contributed by atoms with Gasteiger partial charge in [0.25, 0.3) is 0 Å². The molecule has 2 aromatic rings. The van der Waals surface area contributed by atoms with Crippen LogP contribution in [0.25, 0.3) is 0 Å². The van der Waals surface area contributed by atoms with Gasteiger partial charge in [0.1, 0.15) is 5.82 Å². The Morgan fingerprint density at radius 1 is 1.00 bits per heavy atom. The molecule has 1 unspecified atom stereocenters. The molecule has 21 heavy (non-hydrogen) atoms. The van der Waals surface area contributed by atoms with Gasteiger partial charge in [0, 0.05) is 17.5 Å². The van der Waals surface area contributed by atoms with Gasteiger partial charge in [0.05, 0.1) is 18.6 Å². The lowest BCUT2D eigenvalue weighted by atomic mass is 10.0. The van der Waals surface area contributed by atoms with Crippen LogP contribution in [-0.2, 0) is 0 Å². The Morgan fingerprint density at radius 2 is 1.62 bits per heavy atom. The van der Waals surface area contributed by atoms with Crippen LogP contribution >= 0.6 is 23.2 Å². The van der Waals surface area contributed by atoms with Crippen molar-refractivity contribution in [3.05, 3.63) is 58.4 Å². The van der Waals surface area contributed by atoms with E-state index in [0.29, 0.717) is 35.3 Å². The zero-order valence-electron chi connectivity index (χ0n) is 11.1. The first-order chi connectivity index (χ1) is 10.1. The molecule has 5 heteroatoms. The first-order valence-electron chi connectivity index (χ1n) is 6.64. The number of fused-ring (bicyclic) bond motifs is 1. The molecule has 1 aliphatic rings. The lowest BCUT2D eigenvalue weighted by Crippen LogP contribution is -1.98. The van der Waals surface area contributed by atoms with Gasteiger partial charge >= 0.3 is 0 Å². The standard InChI is InChI=1S/C16H13Cl2FO2/c17-13-9-15-14(20-6-1-7-21-15)8-12(13)16(18)10-2-4-11(19)5-3-10/h2-5,8-9,16H,1,6-7H2. The quantitative estimate of drug-likeness (QED) is 0.725. The molecule has 0 fully saturated rings. The number of alkyl halides is 1. The molecule has 110 valence electrons. The van der Waals surface area contributed by atoms with Crippen molar-refractivity contribution in [3.63, 3.8) is 0 Å². The lowest BCUT2D eigenvalue weighted by molar-refractivity contribution is 0.297. The Balaban J connectivity index is 1.97. The summed E-state index contributed by atoms with van der Waals surface area (Å²) in [5.74, 6) is 0.969. The average Bonchev–Trinajstić information content (AvgIpc) is 2.71. The summed E-state index contributed by atoms with van der Waals surface area (Å²) < 4.78 is 24.2. The van der Waals surface area contributed by atoms with E-state index in [0.717, 1.165) is 12.0 Å². The number of halogens is 3. The first kappa shape index (κ1) is 14.5. The van der Waals surface area contributed by atoms with Crippen LogP contribution in [0.2, 0.25) is 5.02 Å². The van der Waals surface area contributed by atoms with Crippen molar-refractivity contribution in [1.29, 1.82) is 0 Å². The van der Waals surface area contributed by atoms with E-state index >= 15 is 0 Å². The molecule has 0 saturated carbocycles. The molecule has 1 heterocycles. The third kappa shape index (κ3) is 3.09. The van der Waals surface area contributed by atoms with E-state index in [2.05, 4.69) is 0 Å². The van der Waals surface area contributed by atoms with Crippen LogP contribution < -0.4 is 9.47 Å². The number of rotatable bonds is 2. The van der Waals surface area contributed by atoms with E-state index in [1.54, 1.807) is 24.3 Å². The molecular weight excluding hydrogens is 314 g/mol. The Morgan fingerprint density at radius 3 is 2.29 bits per heavy atom. The van der Waals surface area contributed by atoms with E-state index in [-0.39, 0.29) is 5.82 Å². The van der Waals surface area contributed by atoms with Crippen molar-refractivity contribution in [2.75, 3.05) is 13.2 Å². The fourth-order valence-corrected chi connectivity index (χ4v) is 2.85. The molecule has 3 rings (SSSR count). The minimum Gasteiger partial charge on any atom is -0.490 e. The Labute approximate surface area is 132 Å². The predicted octanol–water partition coefficient (Wildman–Crippen LogP) is 4.97. The highest BCUT2D eigenvalue weighted by atomic mass is 35.5. The minimum atomic E-state index is -0.477. The van der Waals surface area contributed by atoms with Gasteiger partial charge in [0.2, 0.25) is 0 Å². The minimum absolute atomic E-state index is 0.299. The van der Waals surface area contributed by atoms with E-state index < -0.39 is 5.38 Å². The van der Waals surface area contributed by atoms with Crippen LogP contribution in [0.15, 0.2) is 36.4 Å². The van der Waals surface area contributed by atoms with Crippen LogP contribution in [0.4, 0.5) is 4.39 Å². The van der Waals surface area contributed by atoms with Crippen molar-refractivity contribution >= 4 is 23.2 Å². The second-order valence-corrected chi connectivity index (χ2v) is 5.63. The fraction of sp³-hybridized carbons (Fsp3) is 0.250. The van der Waals surface area contributed by atoms with Crippen LogP contribution in [0.1, 0.15) is 22.9 Å². The van der Waals surface area contributed by atoms with E-state index in [9.17, 15) is 4.39 Å². The molecule has 0 bridgehead atoms. The van der Waals surface area contributed by atoms with Crippen molar-refractivity contribution < 1.29 is 13.9 Å². The lowest BCUT2D eigenvalue weighted by Gasteiger charge is -2.15. The highest BCUT2D eigenvalue weighted by Gasteiger charge is 2.20. The second kappa shape index (κ2) is 6.12. The molecule has 0 aromatic heterocycles. The largest absolute Gasteiger partial charge is 0.490 e. The molecule has 2 aromatic carbocycles. The molecule has 0 amide bonds. The molecule has 0 saturated heterocycles. The van der Waals surface area contributed by atoms with Crippen LogP contribution in [0.5, 0.6) is 11.5 Å². The van der Waals surface area contributed by atoms with E-state index in [1.165, 1.54) is 12.1 Å². The molecular formula is C16H13Cl2FO2. The van der Waals surface area contributed by atoms with Crippen molar-refractivity contribution in [2.24, 2.45) is 0 Å². The zero-order valence-corrected chi connectivity index (χ0v) is 12.6. The molecule has 0 spiro atoms. The number of hydrogen-bond acceptors (Lipinski definition) is 2. The summed E-state index contributed by atoms with van der Waals surface area (Å²) in [7, 11) is 0. The van der Waals surface area contributed by atoms with Gasteiger partial charge in [-0.1, -0.05) is 23.7 Å². The molecule has 0 radical (unpaired) electrons. The van der Waals surface area contributed by atoms with Crippen molar-refractivity contribution in [2.45, 2.75) is 11.8 Å². The summed E-state index contributed by atoms with van der Waals surface area (Å²) in [5.41, 5.74) is 1.49. The van der Waals surface area contributed by atoms with Crippen LogP contribution in [0, 0.1) is 5.82 Å². The van der Waals surface area contributed by atoms with E-state index in [1.807, 2.05) is 0 Å². The molecule has 2 nitrogen and oxygen atoms in total. The zero-order chi connectivity index (χ0) is 14.8. The highest BCUT2D eigenvalue weighted by Crippen LogP contribution is 2.41. The van der Waals surface area contributed by atoms with Gasteiger partial charge in [-0.05, 0) is 29.3 Å². The normalized spacial score (nSPS) is 15.4. The van der Waals surface area contributed by atoms with E-state index in [4.69, 9.17) is 32.7 Å². The Hall–Kier alpha value is -1.45. The van der Waals surface area contributed by atoms with Gasteiger partial charge in [-0.15, -0.1) is 11.6 Å². The third-order valence-corrected chi connectivity index (χ3v) is 4.12. The SMILES string of the molecule is Fc1ccc(C(Cl)c2cc3c(cc2Cl)OCCCO3)cc1. The van der Waals surface area contributed by atoms with Gasteiger partial charge in [-0.3, -0.25) is 0 Å². The van der Waals surface area contributed by atoms with Crippen LogP contribution in [-0.4, -0.2) is 13.2 Å². The average molecular weight is 327 g/mol. The summed E-state index contributed by atoms with van der Waals surface area (Å²) in [4.78, 5) is 0. The third-order valence-electron chi connectivity index (χ3n) is 3.30. The summed E-state index contributed by atoms with van der Waals surface area (Å²) in [6.45, 7) is 1.20. The van der Waals surface area contributed by atoms with Gasteiger partial charge in [0.15, 0.2) is 11.5 Å². The topological polar surface area (TPSA) is 18.5 Å². The summed E-state index contributed by atoms with van der Waals surface area (Å²) >= 11 is 12.8. The maximum Gasteiger partial charge on any atom is 0.162 e. The maximum atomic E-state index is 13.0. The van der Waals surface area contributed by atoms with Gasteiger partial charge in [-0.2, -0.15) is 0 Å². The second-order valence-electron chi connectivity index (χ2n) is 4.79. The molecule has 0 aliphatic carbocycles. The Kier molecular flexibility index (Phi) is 4.22. The number of ether oxygens (including phenoxy) is 2. The predicted molar refractivity (Wildman–Crippen MR) is 81.2 cm³/mol. The van der Waals surface area contributed by atoms with Crippen molar-refractivity contribution in [3.8, 4) is 11.5 Å². The fourth-order valence-electron chi connectivity index (χ4n) is 2.21. The Bertz CT molecular complexity index is 643. The van der Waals surface area contributed by atoms with Crippen LogP contribution in [0.3, 0.4) is 0 Å². The summed E-state index contributed by atoms with van der Waals surface area (Å²) in [6.07, 6.45) is 0.823. The number of hydrogen-bond donors (Lipinski definition) is 0. The maximum absolute atomic E-state index is 13.0. The first-order valence-corrected chi connectivity index (χ1v) is 7.45. The highest BCUT2D eigenvalue weighted by molar-refractivity contribution is 6.33.